The van der Waals surface area contributed by atoms with Crippen molar-refractivity contribution in [1.29, 1.82) is 0 Å². The molecular weight excluding hydrogens is 508 g/mol. The first-order valence-corrected chi connectivity index (χ1v) is 13.8. The molecule has 1 spiro atoms. The number of cyclic esters (lactones) is 1. The van der Waals surface area contributed by atoms with Crippen LogP contribution in [0, 0.1) is 24.7 Å². The van der Waals surface area contributed by atoms with Crippen molar-refractivity contribution < 1.29 is 29.0 Å². The molecule has 204 valence electrons. The van der Waals surface area contributed by atoms with Gasteiger partial charge in [0.25, 0.3) is 5.91 Å². The molecule has 2 saturated heterocycles. The van der Waals surface area contributed by atoms with Gasteiger partial charge >= 0.3 is 5.97 Å². The number of fused-ring (bicyclic) bond motifs is 2. The maximum absolute atomic E-state index is 14.6. The third-order valence-electron chi connectivity index (χ3n) is 8.59. The largest absolute Gasteiger partial charge is 0.465 e. The molecule has 9 heteroatoms. The minimum atomic E-state index is -1.39. The molecule has 0 saturated carbocycles. The lowest BCUT2D eigenvalue weighted by molar-refractivity contribution is -0.155. The van der Waals surface area contributed by atoms with Crippen LogP contribution >= 0.6 is 11.6 Å². The maximum Gasteiger partial charge on any atom is 0.312 e. The van der Waals surface area contributed by atoms with Crippen LogP contribution in [0.25, 0.3) is 0 Å². The third-order valence-corrected chi connectivity index (χ3v) is 8.90. The second-order valence-corrected chi connectivity index (χ2v) is 11.1. The monoisotopic (exact) mass is 542 g/mol. The number of aryl methyl sites for hydroxylation is 1. The number of allylic oxidation sites excluding steroid dienone is 1. The Balaban J connectivity index is 1.68. The van der Waals surface area contributed by atoms with Crippen molar-refractivity contribution >= 4 is 35.1 Å². The summed E-state index contributed by atoms with van der Waals surface area (Å²) in [5, 5.41) is 10.9. The summed E-state index contributed by atoms with van der Waals surface area (Å²) >= 11 is 6.59. The fourth-order valence-corrected chi connectivity index (χ4v) is 6.85. The number of aliphatic hydroxyl groups excluding tert-OH is 1. The molecule has 1 aromatic rings. The first-order valence-electron chi connectivity index (χ1n) is 13.4. The van der Waals surface area contributed by atoms with Crippen LogP contribution in [0.5, 0.6) is 0 Å². The van der Waals surface area contributed by atoms with E-state index in [2.05, 4.69) is 0 Å². The number of halogens is 1. The number of carbonyl (C=O) groups excluding carboxylic acids is 3. The van der Waals surface area contributed by atoms with Crippen molar-refractivity contribution in [2.45, 2.75) is 63.8 Å². The number of para-hydroxylation sites is 1. The molecule has 0 aliphatic carbocycles. The fourth-order valence-electron chi connectivity index (χ4n) is 6.53. The smallest absolute Gasteiger partial charge is 0.312 e. The van der Waals surface area contributed by atoms with Crippen LogP contribution in [0.4, 0.5) is 5.69 Å². The van der Waals surface area contributed by atoms with Gasteiger partial charge in [-0.05, 0) is 37.3 Å². The minimum absolute atomic E-state index is 0.0986. The summed E-state index contributed by atoms with van der Waals surface area (Å²) in [6.45, 7) is 5.97. The Morgan fingerprint density at radius 2 is 2.00 bits per heavy atom. The van der Waals surface area contributed by atoms with E-state index >= 15 is 0 Å². The van der Waals surface area contributed by atoms with E-state index in [4.69, 9.17) is 21.1 Å². The van der Waals surface area contributed by atoms with E-state index in [1.165, 1.54) is 4.90 Å². The predicted octanol–water partition coefficient (Wildman–Crippen LogP) is 3.43. The van der Waals surface area contributed by atoms with Gasteiger partial charge < -0.3 is 24.4 Å². The van der Waals surface area contributed by atoms with Crippen LogP contribution < -0.4 is 4.90 Å². The van der Waals surface area contributed by atoms with E-state index in [1.807, 2.05) is 51.1 Å². The van der Waals surface area contributed by atoms with Crippen LogP contribution in [0.15, 0.2) is 42.5 Å². The first-order chi connectivity index (χ1) is 18.3. The van der Waals surface area contributed by atoms with Crippen molar-refractivity contribution in [3.05, 3.63) is 53.1 Å². The van der Waals surface area contributed by atoms with Crippen LogP contribution in [0.2, 0.25) is 5.02 Å². The Kier molecular flexibility index (Phi) is 7.42. The maximum atomic E-state index is 14.6. The van der Waals surface area contributed by atoms with Crippen LogP contribution in [0.3, 0.4) is 0 Å². The third kappa shape index (κ3) is 4.08. The number of likely N-dealkylation sites (tertiary alicyclic amines) is 1. The highest BCUT2D eigenvalue weighted by atomic mass is 35.5. The lowest BCUT2D eigenvalue weighted by atomic mass is 9.78. The van der Waals surface area contributed by atoms with E-state index in [0.29, 0.717) is 23.6 Å². The summed E-state index contributed by atoms with van der Waals surface area (Å²) in [6.07, 6.45) is 8.77. The lowest BCUT2D eigenvalue weighted by Gasteiger charge is -2.40. The van der Waals surface area contributed by atoms with Crippen molar-refractivity contribution in [2.24, 2.45) is 17.8 Å². The van der Waals surface area contributed by atoms with Crippen molar-refractivity contribution in [3.63, 3.8) is 0 Å². The summed E-state index contributed by atoms with van der Waals surface area (Å²) in [7, 11) is 0. The Bertz CT molecular complexity index is 1160. The number of hydrogen-bond acceptors (Lipinski definition) is 6. The van der Waals surface area contributed by atoms with Gasteiger partial charge in [0, 0.05) is 6.54 Å². The van der Waals surface area contributed by atoms with Crippen LogP contribution in [0.1, 0.15) is 38.7 Å². The first kappa shape index (κ1) is 26.9. The highest BCUT2D eigenvalue weighted by molar-refractivity contribution is 6.34. The molecule has 2 amide bonds. The standard InChI is InChI=1S/C29H35ClN2O6/c1-4-17(2)20(16-33)32-25-27(35)31(24-18(3)10-8-11-19(24)30)14-9-13-29(25)23(26(32)34)22-21(38-29)12-6-5-7-15-37-28(22)36/h6,8-13,17,20-23,25,33H,4-5,7,14-16H2,1-3H3/b12-6-/t17-,20-,21-,22+,23-,25?,29-/m0/s1. The summed E-state index contributed by atoms with van der Waals surface area (Å²) in [5.41, 5.74) is -0.00256. The number of aliphatic hydroxyl groups is 1. The Morgan fingerprint density at radius 1 is 1.21 bits per heavy atom. The van der Waals surface area contributed by atoms with Gasteiger partial charge in [-0.3, -0.25) is 14.4 Å². The molecule has 7 atom stereocenters. The summed E-state index contributed by atoms with van der Waals surface area (Å²) in [6, 6.07) is 3.72. The summed E-state index contributed by atoms with van der Waals surface area (Å²) in [5.74, 6) is -3.18. The van der Waals surface area contributed by atoms with E-state index in [1.54, 1.807) is 17.0 Å². The molecule has 0 bridgehead atoms. The van der Waals surface area contributed by atoms with Gasteiger partial charge in [-0.1, -0.05) is 68.3 Å². The molecule has 0 radical (unpaired) electrons. The average Bonchev–Trinajstić information content (AvgIpc) is 3.30. The summed E-state index contributed by atoms with van der Waals surface area (Å²) in [4.78, 5) is 45.4. The molecule has 4 heterocycles. The van der Waals surface area contributed by atoms with Crippen LogP contribution in [-0.4, -0.2) is 71.3 Å². The number of esters is 1. The number of ether oxygens (including phenoxy) is 2. The molecular formula is C29H35ClN2O6. The zero-order valence-corrected chi connectivity index (χ0v) is 22.8. The normalized spacial score (nSPS) is 33.3. The molecule has 5 rings (SSSR count). The van der Waals surface area contributed by atoms with Gasteiger partial charge in [0.05, 0.1) is 42.0 Å². The molecule has 1 N–H and O–H groups in total. The SMILES string of the molecule is CC[C@H](C)[C@H](CO)N1C(=O)[C@@H]2[C@@H]3C(=O)OCCC/C=C\[C@@H]3O[C@@]23C=CCN(c2c(C)cccc2Cl)C(=O)C13. The molecule has 4 aliphatic heterocycles. The number of rotatable bonds is 5. The summed E-state index contributed by atoms with van der Waals surface area (Å²) < 4.78 is 12.2. The minimum Gasteiger partial charge on any atom is -0.465 e. The van der Waals surface area contributed by atoms with E-state index in [9.17, 15) is 19.5 Å². The van der Waals surface area contributed by atoms with Gasteiger partial charge in [-0.25, -0.2) is 0 Å². The number of anilines is 1. The van der Waals surface area contributed by atoms with Gasteiger partial charge in [-0.2, -0.15) is 0 Å². The van der Waals surface area contributed by atoms with E-state index in [0.717, 1.165) is 12.0 Å². The fraction of sp³-hybridized carbons (Fsp3) is 0.552. The number of hydrogen-bond donors (Lipinski definition) is 1. The second-order valence-electron chi connectivity index (χ2n) is 10.7. The molecule has 1 aromatic carbocycles. The van der Waals surface area contributed by atoms with Crippen molar-refractivity contribution in [2.75, 3.05) is 24.7 Å². The highest BCUT2D eigenvalue weighted by Crippen LogP contribution is 2.54. The van der Waals surface area contributed by atoms with Crippen molar-refractivity contribution in [3.8, 4) is 0 Å². The Labute approximate surface area is 228 Å². The zero-order chi connectivity index (χ0) is 27.2. The molecule has 8 nitrogen and oxygen atoms in total. The second kappa shape index (κ2) is 10.5. The van der Waals surface area contributed by atoms with Gasteiger partial charge in [0.15, 0.2) is 0 Å². The van der Waals surface area contributed by atoms with Gasteiger partial charge in [0.2, 0.25) is 5.91 Å². The predicted molar refractivity (Wildman–Crippen MR) is 143 cm³/mol. The van der Waals surface area contributed by atoms with Gasteiger partial charge in [0.1, 0.15) is 17.6 Å². The molecule has 1 unspecified atom stereocenters. The van der Waals surface area contributed by atoms with E-state index in [-0.39, 0.29) is 37.5 Å². The number of carbonyl (C=O) groups is 3. The van der Waals surface area contributed by atoms with E-state index < -0.39 is 41.6 Å². The molecule has 38 heavy (non-hydrogen) atoms. The Hall–Kier alpha value is -2.68. The lowest BCUT2D eigenvalue weighted by Crippen LogP contribution is -2.59. The molecule has 0 aromatic heterocycles. The zero-order valence-electron chi connectivity index (χ0n) is 22.0. The van der Waals surface area contributed by atoms with Crippen LogP contribution in [-0.2, 0) is 23.9 Å². The van der Waals surface area contributed by atoms with Crippen molar-refractivity contribution in [1.82, 2.24) is 4.90 Å². The molecule has 4 aliphatic rings. The number of nitrogens with zero attached hydrogens (tertiary/aromatic N) is 2. The highest BCUT2D eigenvalue weighted by Gasteiger charge is 2.72. The average molecular weight is 543 g/mol. The number of benzene rings is 1. The number of amides is 2. The quantitative estimate of drug-likeness (QED) is 0.452. The van der Waals surface area contributed by atoms with Gasteiger partial charge in [-0.15, -0.1) is 0 Å². The molecule has 2 fully saturated rings. The Morgan fingerprint density at radius 3 is 2.71 bits per heavy atom. The topological polar surface area (TPSA) is 96.4 Å².